The van der Waals surface area contributed by atoms with E-state index in [0.29, 0.717) is 5.02 Å². The lowest BCUT2D eigenvalue weighted by Crippen LogP contribution is -2.52. The smallest absolute Gasteiger partial charge is 0.0468 e. The molecule has 1 aliphatic heterocycles. The molecule has 1 heterocycles. The van der Waals surface area contributed by atoms with Crippen molar-refractivity contribution in [3.05, 3.63) is 33.8 Å². The summed E-state index contributed by atoms with van der Waals surface area (Å²) in [7, 11) is 0. The number of rotatable bonds is 2. The highest BCUT2D eigenvalue weighted by Crippen LogP contribution is 2.35. The third-order valence-corrected chi connectivity index (χ3v) is 4.86. The summed E-state index contributed by atoms with van der Waals surface area (Å²) in [4.78, 5) is 2.46. The fourth-order valence-corrected chi connectivity index (χ4v) is 3.35. The summed E-state index contributed by atoms with van der Waals surface area (Å²) in [6.45, 7) is 8.68. The van der Waals surface area contributed by atoms with E-state index in [9.17, 15) is 0 Å². The van der Waals surface area contributed by atoms with Crippen LogP contribution in [0.2, 0.25) is 10.0 Å². The van der Waals surface area contributed by atoms with Crippen LogP contribution in [0.1, 0.15) is 38.8 Å². The summed E-state index contributed by atoms with van der Waals surface area (Å²) in [5, 5.41) is 1.43. The molecular formula is C15H23Cl3N2. The fourth-order valence-electron chi connectivity index (χ4n) is 2.78. The van der Waals surface area contributed by atoms with Gasteiger partial charge in [-0.05, 0) is 36.5 Å². The number of piperidine rings is 1. The van der Waals surface area contributed by atoms with Gasteiger partial charge in [-0.25, -0.2) is 0 Å². The summed E-state index contributed by atoms with van der Waals surface area (Å²) >= 11 is 12.3. The predicted octanol–water partition coefficient (Wildman–Crippen LogP) is 4.54. The lowest BCUT2D eigenvalue weighted by molar-refractivity contribution is 0.0664. The van der Waals surface area contributed by atoms with Gasteiger partial charge in [0.25, 0.3) is 0 Å². The Labute approximate surface area is 138 Å². The minimum Gasteiger partial charge on any atom is -0.327 e. The molecule has 1 aromatic rings. The Hall–Kier alpha value is 0.01000. The predicted molar refractivity (Wildman–Crippen MR) is 90.1 cm³/mol. The molecule has 0 saturated carbocycles. The molecule has 1 fully saturated rings. The number of hydrogen-bond acceptors (Lipinski definition) is 2. The van der Waals surface area contributed by atoms with E-state index in [1.165, 1.54) is 0 Å². The molecule has 2 unspecified atom stereocenters. The first-order chi connectivity index (χ1) is 8.81. The number of nitrogens with two attached hydrogens (primary N) is 1. The molecule has 2 atom stereocenters. The van der Waals surface area contributed by atoms with E-state index in [-0.39, 0.29) is 29.9 Å². The van der Waals surface area contributed by atoms with Crippen LogP contribution in [0.5, 0.6) is 0 Å². The second kappa shape index (κ2) is 6.85. The molecule has 1 saturated heterocycles. The summed E-state index contributed by atoms with van der Waals surface area (Å²) in [6.07, 6.45) is 1.03. The molecular weight excluding hydrogens is 315 g/mol. The summed E-state index contributed by atoms with van der Waals surface area (Å²) in [6, 6.07) is 6.31. The Morgan fingerprint density at radius 1 is 1.35 bits per heavy atom. The van der Waals surface area contributed by atoms with Crippen molar-refractivity contribution in [3.63, 3.8) is 0 Å². The molecule has 1 aromatic carbocycles. The standard InChI is InChI=1S/C15H22Cl2N2.ClH/c1-10(12-5-4-11(16)8-13(12)17)19-7-6-14(18)15(2,3)9-19;/h4-5,8,10,14H,6-7,9,18H2,1-3H3;1H. The number of halogens is 3. The molecule has 20 heavy (non-hydrogen) atoms. The van der Waals surface area contributed by atoms with Gasteiger partial charge in [0.1, 0.15) is 0 Å². The molecule has 0 bridgehead atoms. The molecule has 2 nitrogen and oxygen atoms in total. The highest BCUT2D eigenvalue weighted by Gasteiger charge is 2.35. The first-order valence-corrected chi connectivity index (χ1v) is 7.51. The summed E-state index contributed by atoms with van der Waals surface area (Å²) < 4.78 is 0. The van der Waals surface area contributed by atoms with Gasteiger partial charge in [-0.2, -0.15) is 0 Å². The first kappa shape index (κ1) is 18.1. The van der Waals surface area contributed by atoms with Gasteiger partial charge in [0.15, 0.2) is 0 Å². The summed E-state index contributed by atoms with van der Waals surface area (Å²) in [5.41, 5.74) is 7.47. The van der Waals surface area contributed by atoms with E-state index in [1.54, 1.807) is 0 Å². The number of likely N-dealkylation sites (tertiary alicyclic amines) is 1. The van der Waals surface area contributed by atoms with Crippen LogP contribution in [-0.2, 0) is 0 Å². The Morgan fingerprint density at radius 2 is 2.00 bits per heavy atom. The van der Waals surface area contributed by atoms with Crippen molar-refractivity contribution < 1.29 is 0 Å². The highest BCUT2D eigenvalue weighted by atomic mass is 35.5. The molecule has 0 aliphatic carbocycles. The third-order valence-electron chi connectivity index (χ3n) is 4.30. The van der Waals surface area contributed by atoms with Gasteiger partial charge in [0.2, 0.25) is 0 Å². The van der Waals surface area contributed by atoms with Gasteiger partial charge in [0, 0.05) is 35.2 Å². The zero-order valence-corrected chi connectivity index (χ0v) is 14.5. The van der Waals surface area contributed by atoms with E-state index < -0.39 is 0 Å². The van der Waals surface area contributed by atoms with Crippen molar-refractivity contribution in [2.45, 2.75) is 39.3 Å². The maximum absolute atomic E-state index is 6.31. The van der Waals surface area contributed by atoms with Crippen molar-refractivity contribution >= 4 is 35.6 Å². The zero-order valence-electron chi connectivity index (χ0n) is 12.2. The Morgan fingerprint density at radius 3 is 2.55 bits per heavy atom. The Kier molecular flexibility index (Phi) is 6.18. The monoisotopic (exact) mass is 336 g/mol. The molecule has 114 valence electrons. The van der Waals surface area contributed by atoms with Gasteiger partial charge in [0.05, 0.1) is 0 Å². The third kappa shape index (κ3) is 3.80. The van der Waals surface area contributed by atoms with Gasteiger partial charge < -0.3 is 5.73 Å². The van der Waals surface area contributed by atoms with Crippen molar-refractivity contribution in [2.75, 3.05) is 13.1 Å². The van der Waals surface area contributed by atoms with Gasteiger partial charge >= 0.3 is 0 Å². The zero-order chi connectivity index (χ0) is 14.2. The molecule has 0 aromatic heterocycles. The van der Waals surface area contributed by atoms with Crippen molar-refractivity contribution in [1.29, 1.82) is 0 Å². The lowest BCUT2D eigenvalue weighted by Gasteiger charge is -2.45. The van der Waals surface area contributed by atoms with Crippen LogP contribution >= 0.6 is 35.6 Å². The fraction of sp³-hybridized carbons (Fsp3) is 0.600. The van der Waals surface area contributed by atoms with Crippen LogP contribution in [0.15, 0.2) is 18.2 Å². The molecule has 0 spiro atoms. The second-order valence-corrected chi connectivity index (χ2v) is 7.04. The number of hydrogen-bond donors (Lipinski definition) is 1. The minimum absolute atomic E-state index is 0. The van der Waals surface area contributed by atoms with Crippen LogP contribution in [0.25, 0.3) is 0 Å². The SMILES string of the molecule is CC(c1ccc(Cl)cc1Cl)N1CCC(N)C(C)(C)C1.Cl. The Bertz CT molecular complexity index is 462. The maximum atomic E-state index is 6.31. The van der Waals surface area contributed by atoms with E-state index in [0.717, 1.165) is 30.1 Å². The van der Waals surface area contributed by atoms with E-state index in [4.69, 9.17) is 28.9 Å². The minimum atomic E-state index is 0. The molecule has 0 radical (unpaired) electrons. The van der Waals surface area contributed by atoms with Crippen molar-refractivity contribution in [2.24, 2.45) is 11.1 Å². The van der Waals surface area contributed by atoms with E-state index >= 15 is 0 Å². The normalized spacial score (nSPS) is 24.0. The largest absolute Gasteiger partial charge is 0.327 e. The first-order valence-electron chi connectivity index (χ1n) is 6.76. The van der Waals surface area contributed by atoms with Crippen molar-refractivity contribution in [3.8, 4) is 0 Å². The lowest BCUT2D eigenvalue weighted by atomic mass is 9.79. The average molecular weight is 338 g/mol. The maximum Gasteiger partial charge on any atom is 0.0468 e. The van der Waals surface area contributed by atoms with Crippen LogP contribution in [-0.4, -0.2) is 24.0 Å². The second-order valence-electron chi connectivity index (χ2n) is 6.20. The number of benzene rings is 1. The topological polar surface area (TPSA) is 29.3 Å². The van der Waals surface area contributed by atoms with E-state index in [1.807, 2.05) is 18.2 Å². The average Bonchev–Trinajstić information content (AvgIpc) is 2.32. The molecule has 2 rings (SSSR count). The van der Waals surface area contributed by atoms with Gasteiger partial charge in [-0.3, -0.25) is 4.90 Å². The van der Waals surface area contributed by atoms with Crippen LogP contribution in [0.3, 0.4) is 0 Å². The molecule has 0 amide bonds. The van der Waals surface area contributed by atoms with Gasteiger partial charge in [-0.1, -0.05) is 43.1 Å². The quantitative estimate of drug-likeness (QED) is 0.858. The molecule has 1 aliphatic rings. The van der Waals surface area contributed by atoms with Crippen LogP contribution in [0.4, 0.5) is 0 Å². The van der Waals surface area contributed by atoms with Crippen LogP contribution in [0, 0.1) is 5.41 Å². The van der Waals surface area contributed by atoms with Crippen molar-refractivity contribution in [1.82, 2.24) is 4.90 Å². The van der Waals surface area contributed by atoms with E-state index in [2.05, 4.69) is 25.7 Å². The Balaban J connectivity index is 0.00000200. The number of nitrogens with zero attached hydrogens (tertiary/aromatic N) is 1. The van der Waals surface area contributed by atoms with Gasteiger partial charge in [-0.15, -0.1) is 12.4 Å². The summed E-state index contributed by atoms with van der Waals surface area (Å²) in [5.74, 6) is 0. The molecule has 5 heteroatoms. The molecule has 2 N–H and O–H groups in total. The van der Waals surface area contributed by atoms with Crippen LogP contribution < -0.4 is 5.73 Å². The highest BCUT2D eigenvalue weighted by molar-refractivity contribution is 6.35.